The van der Waals surface area contributed by atoms with Gasteiger partial charge in [0.1, 0.15) is 5.82 Å². The third-order valence-electron chi connectivity index (χ3n) is 1.99. The molecule has 1 aromatic heterocycles. The summed E-state index contributed by atoms with van der Waals surface area (Å²) >= 11 is 4.86. The van der Waals surface area contributed by atoms with Crippen LogP contribution in [0.2, 0.25) is 0 Å². The SMILES string of the molecule is Fc1cc(Br)ccc1NCc1ccsc1. The van der Waals surface area contributed by atoms with Gasteiger partial charge in [-0.15, -0.1) is 0 Å². The summed E-state index contributed by atoms with van der Waals surface area (Å²) in [6.07, 6.45) is 0. The maximum Gasteiger partial charge on any atom is 0.147 e. The molecule has 0 saturated carbocycles. The molecule has 1 N–H and O–H groups in total. The summed E-state index contributed by atoms with van der Waals surface area (Å²) in [5.41, 5.74) is 1.70. The van der Waals surface area contributed by atoms with Crippen LogP contribution in [0.4, 0.5) is 10.1 Å². The fourth-order valence-corrected chi connectivity index (χ4v) is 2.23. The predicted molar refractivity (Wildman–Crippen MR) is 65.7 cm³/mol. The van der Waals surface area contributed by atoms with Crippen LogP contribution in [0.3, 0.4) is 0 Å². The second-order valence-corrected chi connectivity index (χ2v) is 4.81. The standard InChI is InChI=1S/C11H9BrFNS/c12-9-1-2-11(10(13)5-9)14-6-8-3-4-15-7-8/h1-5,7,14H,6H2. The van der Waals surface area contributed by atoms with E-state index in [4.69, 9.17) is 0 Å². The Labute approximate surface area is 100 Å². The fourth-order valence-electron chi connectivity index (χ4n) is 1.22. The number of thiophene rings is 1. The molecule has 15 heavy (non-hydrogen) atoms. The number of nitrogens with one attached hydrogen (secondary N) is 1. The van der Waals surface area contributed by atoms with Crippen molar-refractivity contribution in [3.63, 3.8) is 0 Å². The number of hydrogen-bond donors (Lipinski definition) is 1. The lowest BCUT2D eigenvalue weighted by Gasteiger charge is -2.06. The van der Waals surface area contributed by atoms with Gasteiger partial charge in [0.2, 0.25) is 0 Å². The molecule has 78 valence electrons. The molecule has 0 unspecified atom stereocenters. The average Bonchev–Trinajstić information content (AvgIpc) is 2.69. The molecule has 0 amide bonds. The lowest BCUT2D eigenvalue weighted by molar-refractivity contribution is 0.629. The van der Waals surface area contributed by atoms with Gasteiger partial charge in [0.05, 0.1) is 5.69 Å². The van der Waals surface area contributed by atoms with Crippen LogP contribution in [0.5, 0.6) is 0 Å². The van der Waals surface area contributed by atoms with Crippen molar-refractivity contribution in [1.29, 1.82) is 0 Å². The molecule has 0 aliphatic carbocycles. The highest BCUT2D eigenvalue weighted by molar-refractivity contribution is 9.10. The Hall–Kier alpha value is -0.870. The van der Waals surface area contributed by atoms with Gasteiger partial charge in [-0.05, 0) is 40.6 Å². The van der Waals surface area contributed by atoms with Gasteiger partial charge in [-0.1, -0.05) is 15.9 Å². The van der Waals surface area contributed by atoms with E-state index in [0.717, 1.165) is 4.47 Å². The Bertz CT molecular complexity index is 442. The van der Waals surface area contributed by atoms with E-state index in [1.807, 2.05) is 22.9 Å². The number of benzene rings is 1. The van der Waals surface area contributed by atoms with Crippen molar-refractivity contribution in [3.05, 3.63) is 50.9 Å². The van der Waals surface area contributed by atoms with E-state index in [9.17, 15) is 4.39 Å². The van der Waals surface area contributed by atoms with Gasteiger partial charge in [-0.3, -0.25) is 0 Å². The van der Waals surface area contributed by atoms with Gasteiger partial charge in [0, 0.05) is 11.0 Å². The Morgan fingerprint density at radius 1 is 1.33 bits per heavy atom. The molecular formula is C11H9BrFNS. The first-order valence-corrected chi connectivity index (χ1v) is 6.19. The summed E-state index contributed by atoms with van der Waals surface area (Å²) in [4.78, 5) is 0. The van der Waals surface area contributed by atoms with E-state index in [0.29, 0.717) is 12.2 Å². The average molecular weight is 286 g/mol. The van der Waals surface area contributed by atoms with Crippen molar-refractivity contribution in [2.75, 3.05) is 5.32 Å². The zero-order valence-corrected chi connectivity index (χ0v) is 10.2. The number of hydrogen-bond acceptors (Lipinski definition) is 2. The maximum atomic E-state index is 13.4. The predicted octanol–water partition coefficient (Wildman–Crippen LogP) is 4.26. The first-order valence-electron chi connectivity index (χ1n) is 4.46. The van der Waals surface area contributed by atoms with E-state index in [-0.39, 0.29) is 5.82 Å². The molecular weight excluding hydrogens is 277 g/mol. The lowest BCUT2D eigenvalue weighted by Crippen LogP contribution is -2.00. The van der Waals surface area contributed by atoms with Crippen LogP contribution in [0.15, 0.2) is 39.5 Å². The van der Waals surface area contributed by atoms with Crippen molar-refractivity contribution in [3.8, 4) is 0 Å². The van der Waals surface area contributed by atoms with Gasteiger partial charge in [-0.2, -0.15) is 11.3 Å². The van der Waals surface area contributed by atoms with Gasteiger partial charge in [-0.25, -0.2) is 4.39 Å². The highest BCUT2D eigenvalue weighted by Crippen LogP contribution is 2.20. The summed E-state index contributed by atoms with van der Waals surface area (Å²) < 4.78 is 14.1. The molecule has 0 radical (unpaired) electrons. The van der Waals surface area contributed by atoms with Crippen LogP contribution >= 0.6 is 27.3 Å². The third-order valence-corrected chi connectivity index (χ3v) is 3.22. The second-order valence-electron chi connectivity index (χ2n) is 3.11. The van der Waals surface area contributed by atoms with Crippen LogP contribution in [0, 0.1) is 5.82 Å². The topological polar surface area (TPSA) is 12.0 Å². The monoisotopic (exact) mass is 285 g/mol. The molecule has 0 atom stereocenters. The molecule has 0 spiro atoms. The zero-order chi connectivity index (χ0) is 10.7. The smallest absolute Gasteiger partial charge is 0.147 e. The molecule has 2 rings (SSSR count). The summed E-state index contributed by atoms with van der Waals surface area (Å²) in [7, 11) is 0. The second kappa shape index (κ2) is 4.77. The van der Waals surface area contributed by atoms with Crippen molar-refractivity contribution in [1.82, 2.24) is 0 Å². The quantitative estimate of drug-likeness (QED) is 0.888. The molecule has 0 aliphatic heterocycles. The van der Waals surface area contributed by atoms with Crippen LogP contribution in [0.25, 0.3) is 0 Å². The van der Waals surface area contributed by atoms with E-state index >= 15 is 0 Å². The minimum Gasteiger partial charge on any atom is -0.379 e. The van der Waals surface area contributed by atoms with Gasteiger partial charge in [0.15, 0.2) is 0 Å². The van der Waals surface area contributed by atoms with E-state index in [1.165, 1.54) is 11.6 Å². The molecule has 0 bridgehead atoms. The largest absolute Gasteiger partial charge is 0.379 e. The van der Waals surface area contributed by atoms with Gasteiger partial charge >= 0.3 is 0 Å². The van der Waals surface area contributed by atoms with Crippen molar-refractivity contribution in [2.24, 2.45) is 0 Å². The minimum atomic E-state index is -0.236. The molecule has 0 fully saturated rings. The molecule has 4 heteroatoms. The van der Waals surface area contributed by atoms with Gasteiger partial charge < -0.3 is 5.32 Å². The minimum absolute atomic E-state index is 0.236. The number of rotatable bonds is 3. The molecule has 0 aliphatic rings. The van der Waals surface area contributed by atoms with Gasteiger partial charge in [0.25, 0.3) is 0 Å². The summed E-state index contributed by atoms with van der Waals surface area (Å²) in [6.45, 7) is 0.655. The lowest BCUT2D eigenvalue weighted by atomic mass is 10.3. The molecule has 1 nitrogen and oxygen atoms in total. The van der Waals surface area contributed by atoms with E-state index in [2.05, 4.69) is 21.2 Å². The van der Waals surface area contributed by atoms with Crippen LogP contribution in [-0.2, 0) is 6.54 Å². The molecule has 1 aromatic carbocycles. The third kappa shape index (κ3) is 2.79. The number of halogens is 2. The summed E-state index contributed by atoms with van der Waals surface area (Å²) in [6, 6.07) is 7.02. The Kier molecular flexibility index (Phi) is 3.38. The highest BCUT2D eigenvalue weighted by Gasteiger charge is 2.01. The van der Waals surface area contributed by atoms with Crippen LogP contribution in [-0.4, -0.2) is 0 Å². The Balaban J connectivity index is 2.05. The molecule has 1 heterocycles. The fraction of sp³-hybridized carbons (Fsp3) is 0.0909. The number of anilines is 1. The normalized spacial score (nSPS) is 10.3. The van der Waals surface area contributed by atoms with Crippen LogP contribution < -0.4 is 5.32 Å². The highest BCUT2D eigenvalue weighted by atomic mass is 79.9. The first-order chi connectivity index (χ1) is 7.25. The van der Waals surface area contributed by atoms with E-state index < -0.39 is 0 Å². The van der Waals surface area contributed by atoms with Crippen LogP contribution in [0.1, 0.15) is 5.56 Å². The van der Waals surface area contributed by atoms with Crippen molar-refractivity contribution in [2.45, 2.75) is 6.54 Å². The first kappa shape index (κ1) is 10.6. The Morgan fingerprint density at radius 3 is 2.87 bits per heavy atom. The summed E-state index contributed by atoms with van der Waals surface area (Å²) in [5.74, 6) is -0.236. The molecule has 2 aromatic rings. The van der Waals surface area contributed by atoms with E-state index in [1.54, 1.807) is 17.4 Å². The summed E-state index contributed by atoms with van der Waals surface area (Å²) in [5, 5.41) is 7.11. The molecule has 0 saturated heterocycles. The van der Waals surface area contributed by atoms with Crippen molar-refractivity contribution >= 4 is 33.0 Å². The zero-order valence-electron chi connectivity index (χ0n) is 7.84. The van der Waals surface area contributed by atoms with Crippen molar-refractivity contribution < 1.29 is 4.39 Å². The Morgan fingerprint density at radius 2 is 2.20 bits per heavy atom. The maximum absolute atomic E-state index is 13.4.